The van der Waals surface area contributed by atoms with Gasteiger partial charge in [0.05, 0.1) is 44.9 Å². The highest BCUT2D eigenvalue weighted by Crippen LogP contribution is 2.65. The molecule has 0 amide bonds. The van der Waals surface area contributed by atoms with Crippen LogP contribution in [0.25, 0.3) is 65.9 Å². The highest BCUT2D eigenvalue weighted by Gasteiger charge is 2.52. The van der Waals surface area contributed by atoms with Crippen molar-refractivity contribution in [3.63, 3.8) is 0 Å². The van der Waals surface area contributed by atoms with Crippen LogP contribution in [-0.2, 0) is 5.41 Å². The first-order valence-corrected chi connectivity index (χ1v) is 23.7. The maximum absolute atomic E-state index is 5.75. The van der Waals surface area contributed by atoms with E-state index in [2.05, 4.69) is 143 Å². The van der Waals surface area contributed by atoms with Crippen molar-refractivity contribution in [3.8, 4) is 45.3 Å². The lowest BCUT2D eigenvalue weighted by atomic mass is 9.70. The van der Waals surface area contributed by atoms with Gasteiger partial charge < -0.3 is 28.9 Å². The van der Waals surface area contributed by atoms with Crippen LogP contribution in [0, 0.1) is 0 Å². The van der Waals surface area contributed by atoms with Gasteiger partial charge in [0.1, 0.15) is 0 Å². The largest absolute Gasteiger partial charge is 0.493 e. The fourth-order valence-electron chi connectivity index (χ4n) is 9.02. The monoisotopic (exact) mass is 877 g/mol. The van der Waals surface area contributed by atoms with Crippen LogP contribution in [0.1, 0.15) is 108 Å². The molecule has 2 aromatic heterocycles. The van der Waals surface area contributed by atoms with E-state index in [4.69, 9.17) is 18.9 Å². The van der Waals surface area contributed by atoms with Crippen LogP contribution in [-0.4, -0.2) is 38.4 Å². The number of aromatic amines is 2. The first-order valence-electron chi connectivity index (χ1n) is 23.7. The zero-order valence-corrected chi connectivity index (χ0v) is 41.8. The number of para-hydroxylation sites is 2. The summed E-state index contributed by atoms with van der Waals surface area (Å²) in [5.41, 5.74) is 13.8. The lowest BCUT2D eigenvalue weighted by Crippen LogP contribution is -2.26. The van der Waals surface area contributed by atoms with Crippen molar-refractivity contribution < 1.29 is 21.8 Å². The third kappa shape index (κ3) is 8.67. The topological polar surface area (TPSA) is 68.5 Å². The van der Waals surface area contributed by atoms with Crippen molar-refractivity contribution in [2.75, 3.05) is 28.4 Å². The van der Waals surface area contributed by atoms with Crippen LogP contribution in [0.5, 0.6) is 23.0 Å². The summed E-state index contributed by atoms with van der Waals surface area (Å²) >= 11 is 0. The normalized spacial score (nSPS) is 11.2. The van der Waals surface area contributed by atoms with E-state index in [9.17, 15) is 0 Å². The molecule has 0 radical (unpaired) electrons. The number of rotatable bonds is 4. The Hall–Kier alpha value is -6.66. The molecule has 0 saturated carbocycles. The van der Waals surface area contributed by atoms with Crippen LogP contribution < -0.4 is 18.9 Å². The highest BCUT2D eigenvalue weighted by molar-refractivity contribution is 6.21. The van der Waals surface area contributed by atoms with Gasteiger partial charge >= 0.3 is 0 Å². The van der Waals surface area contributed by atoms with Crippen molar-refractivity contribution in [2.24, 2.45) is 0 Å². The van der Waals surface area contributed by atoms with Crippen LogP contribution in [0.2, 0.25) is 0 Å². The van der Waals surface area contributed by atoms with Gasteiger partial charge in [0.15, 0.2) is 23.0 Å². The minimum Gasteiger partial charge on any atom is -0.493 e. The molecule has 0 aliphatic heterocycles. The summed E-state index contributed by atoms with van der Waals surface area (Å²) in [5, 5.41) is 5.12. The van der Waals surface area contributed by atoms with Gasteiger partial charge in [0.2, 0.25) is 0 Å². The Morgan fingerprint density at radius 3 is 0.985 bits per heavy atom. The summed E-state index contributed by atoms with van der Waals surface area (Å²) in [6, 6.07) is 47.1. The smallest absolute Gasteiger partial charge is 0.161 e. The minimum absolute atomic E-state index is 0. The summed E-state index contributed by atoms with van der Waals surface area (Å²) in [6.07, 6.45) is 0. The second-order valence-electron chi connectivity index (χ2n) is 13.6. The van der Waals surface area contributed by atoms with Gasteiger partial charge in [-0.3, -0.25) is 0 Å². The third-order valence-electron chi connectivity index (χ3n) is 11.3. The number of ether oxygens (including phenoxy) is 4. The average Bonchev–Trinajstić information content (AvgIpc) is 4.14. The van der Waals surface area contributed by atoms with Crippen LogP contribution in [0.4, 0.5) is 0 Å². The van der Waals surface area contributed by atoms with Gasteiger partial charge in [-0.1, -0.05) is 180 Å². The quantitative estimate of drug-likeness (QED) is 0.185. The molecule has 7 aromatic carbocycles. The number of aromatic nitrogens is 2. The van der Waals surface area contributed by atoms with Crippen molar-refractivity contribution in [1.29, 1.82) is 0 Å². The number of H-pyrrole nitrogens is 2. The van der Waals surface area contributed by atoms with E-state index in [1.54, 1.807) is 28.4 Å². The second kappa shape index (κ2) is 23.9. The van der Waals surface area contributed by atoms with Gasteiger partial charge in [-0.25, -0.2) is 0 Å². The molecule has 6 heteroatoms. The van der Waals surface area contributed by atoms with E-state index < -0.39 is 5.41 Å². The molecular formula is C59H76N2O4. The number of hydrogen-bond donors (Lipinski definition) is 2. The molecular weight excluding hydrogens is 801 g/mol. The molecule has 11 rings (SSSR count). The number of fused-ring (bicyclic) bond motifs is 17. The summed E-state index contributed by atoms with van der Waals surface area (Å²) in [7, 11) is 6.71. The molecule has 1 spiro atoms. The summed E-state index contributed by atoms with van der Waals surface area (Å²) in [6.45, 7) is 24.0. The van der Waals surface area contributed by atoms with E-state index in [0.717, 1.165) is 11.1 Å². The molecule has 6 nitrogen and oxygen atoms in total. The molecule has 2 N–H and O–H groups in total. The molecule has 0 unspecified atom stereocenters. The molecule has 65 heavy (non-hydrogen) atoms. The highest BCUT2D eigenvalue weighted by atomic mass is 16.5. The van der Waals surface area contributed by atoms with Crippen molar-refractivity contribution in [3.05, 3.63) is 156 Å². The molecule has 2 heterocycles. The standard InChI is InChI=1S/C29H24O4.C18H12N2.6C2H6.2H2/c1-30-25-13-19-20-14-26(31-2)28(33-4)16-24(20)29(23(19)15-27(25)32-3)21-11-7-5-9-17(21)18-10-6-8-12-22(18)29;1-3-7-15-11(5-1)13-9-10-14-12-6-2-4-8-16(12)20-18(14)17(13)19-15;6*1-2;;/h5-16H,1-4H3;1-10,19-20H;6*1-2H3;2*1H. The summed E-state index contributed by atoms with van der Waals surface area (Å²) < 4.78 is 22.9. The Kier molecular flexibility index (Phi) is 18.7. The van der Waals surface area contributed by atoms with Crippen LogP contribution in [0.15, 0.2) is 133 Å². The lowest BCUT2D eigenvalue weighted by molar-refractivity contribution is 0.354. The van der Waals surface area contributed by atoms with E-state index in [1.165, 1.54) is 77.0 Å². The SMILES string of the molecule is CC.CC.CC.CC.CC.CC.COc1cc2c(cc1OC)C1(c3ccccc3-c3ccccc31)c1cc(OC)c(OC)cc1-2.[HH].[HH].c1ccc2c(c1)[nH]c1c2ccc2c3ccccc3[nH]c21. The van der Waals surface area contributed by atoms with Crippen LogP contribution >= 0.6 is 0 Å². The van der Waals surface area contributed by atoms with Crippen molar-refractivity contribution in [2.45, 2.75) is 88.5 Å². The Bertz CT molecular complexity index is 2730. The molecule has 0 saturated heterocycles. The number of nitrogens with one attached hydrogen (secondary N) is 2. The molecule has 346 valence electrons. The van der Waals surface area contributed by atoms with E-state index in [1.807, 2.05) is 83.1 Å². The minimum atomic E-state index is -0.489. The first kappa shape index (κ1) is 51.0. The van der Waals surface area contributed by atoms with Gasteiger partial charge in [-0.2, -0.15) is 0 Å². The van der Waals surface area contributed by atoms with E-state index >= 15 is 0 Å². The van der Waals surface area contributed by atoms with E-state index in [0.29, 0.717) is 23.0 Å². The van der Waals surface area contributed by atoms with Crippen molar-refractivity contribution in [1.82, 2.24) is 9.97 Å². The van der Waals surface area contributed by atoms with Crippen molar-refractivity contribution >= 4 is 43.6 Å². The molecule has 2 aliphatic rings. The predicted molar refractivity (Wildman–Crippen MR) is 286 cm³/mol. The number of benzene rings is 7. The molecule has 0 fully saturated rings. The maximum Gasteiger partial charge on any atom is 0.161 e. The Morgan fingerprint density at radius 1 is 0.323 bits per heavy atom. The predicted octanol–water partition coefficient (Wildman–Crippen LogP) is 17.7. The molecule has 0 bridgehead atoms. The van der Waals surface area contributed by atoms with Crippen LogP contribution in [0.3, 0.4) is 0 Å². The maximum atomic E-state index is 5.75. The zero-order valence-electron chi connectivity index (χ0n) is 41.8. The van der Waals surface area contributed by atoms with Gasteiger partial charge in [0.25, 0.3) is 0 Å². The Labute approximate surface area is 391 Å². The van der Waals surface area contributed by atoms with E-state index in [-0.39, 0.29) is 2.85 Å². The fraction of sp³-hybridized carbons (Fsp3) is 0.288. The average molecular weight is 877 g/mol. The molecule has 0 atom stereocenters. The second-order valence-corrected chi connectivity index (χ2v) is 13.6. The Balaban J connectivity index is 0.000000390. The summed E-state index contributed by atoms with van der Waals surface area (Å²) in [4.78, 5) is 7.10. The Morgan fingerprint density at radius 2 is 0.631 bits per heavy atom. The zero-order chi connectivity index (χ0) is 47.8. The van der Waals surface area contributed by atoms with Gasteiger partial charge in [-0.15, -0.1) is 0 Å². The molecule has 9 aromatic rings. The van der Waals surface area contributed by atoms with Gasteiger partial charge in [-0.05, 0) is 80.9 Å². The fourth-order valence-corrected chi connectivity index (χ4v) is 9.02. The number of methoxy groups -OCH3 is 4. The van der Waals surface area contributed by atoms with Gasteiger partial charge in [0, 0.05) is 35.4 Å². The third-order valence-corrected chi connectivity index (χ3v) is 11.3. The summed E-state index contributed by atoms with van der Waals surface area (Å²) in [5.74, 6) is 2.83. The lowest BCUT2D eigenvalue weighted by Gasteiger charge is -2.31. The molecule has 2 aliphatic carbocycles. The number of hydrogen-bond acceptors (Lipinski definition) is 4. The first-order chi connectivity index (χ1) is 32.1.